The lowest BCUT2D eigenvalue weighted by molar-refractivity contribution is -0.116. The molecule has 7 nitrogen and oxygen atoms in total. The lowest BCUT2D eigenvalue weighted by Crippen LogP contribution is -2.12. The van der Waals surface area contributed by atoms with E-state index in [4.69, 9.17) is 16.6 Å². The van der Waals surface area contributed by atoms with Gasteiger partial charge in [0.15, 0.2) is 9.90 Å². The molecule has 0 aromatic carbocycles. The molecule has 9 heteroatoms. The van der Waals surface area contributed by atoms with Crippen LogP contribution in [0, 0.1) is 4.77 Å². The fraction of sp³-hybridized carbons (Fsp3) is 0.250. The Hall–Kier alpha value is -2.52. The van der Waals surface area contributed by atoms with E-state index in [0.717, 1.165) is 17.3 Å². The smallest absolute Gasteiger partial charge is 0.226 e. The number of carbonyl (C=O) groups is 1. The molecule has 0 aliphatic carbocycles. The van der Waals surface area contributed by atoms with Crippen molar-refractivity contribution in [3.8, 4) is 0 Å². The second-order valence-corrected chi connectivity index (χ2v) is 6.54. The van der Waals surface area contributed by atoms with Gasteiger partial charge in [-0.3, -0.25) is 14.5 Å². The molecule has 0 saturated heterocycles. The van der Waals surface area contributed by atoms with Gasteiger partial charge in [0.1, 0.15) is 11.6 Å². The summed E-state index contributed by atoms with van der Waals surface area (Å²) < 4.78 is 7.63. The fourth-order valence-electron chi connectivity index (χ4n) is 2.28. The quantitative estimate of drug-likeness (QED) is 0.466. The number of rotatable bonds is 8. The number of hydrogen-bond acceptors (Lipinski definition) is 6. The number of carbonyl (C=O) groups excluding carboxylic acids is 1. The van der Waals surface area contributed by atoms with Crippen LogP contribution < -0.4 is 5.32 Å². The van der Waals surface area contributed by atoms with Crippen LogP contribution in [0.15, 0.2) is 40.8 Å². The van der Waals surface area contributed by atoms with Crippen molar-refractivity contribution in [2.45, 2.75) is 25.8 Å². The Kier molecular flexibility index (Phi) is 5.56. The van der Waals surface area contributed by atoms with Gasteiger partial charge in [0.05, 0.1) is 18.4 Å². The SMILES string of the molecule is C=CCn1c(Cc2csc(NC(=O)CCc3ccco3)n2)n[nH]c1=S. The number of anilines is 1. The van der Waals surface area contributed by atoms with Gasteiger partial charge >= 0.3 is 0 Å². The molecule has 2 N–H and O–H groups in total. The molecule has 3 aromatic rings. The first-order valence-corrected chi connectivity index (χ1v) is 8.96. The van der Waals surface area contributed by atoms with Crippen LogP contribution in [-0.2, 0) is 24.2 Å². The van der Waals surface area contributed by atoms with Crippen LogP contribution in [0.25, 0.3) is 0 Å². The number of aromatic amines is 1. The third kappa shape index (κ3) is 4.52. The predicted molar refractivity (Wildman–Crippen MR) is 98.2 cm³/mol. The van der Waals surface area contributed by atoms with Crippen molar-refractivity contribution in [1.29, 1.82) is 0 Å². The molecule has 0 unspecified atom stereocenters. The Balaban J connectivity index is 1.58. The van der Waals surface area contributed by atoms with Crippen LogP contribution in [0.3, 0.4) is 0 Å². The second-order valence-electron chi connectivity index (χ2n) is 5.29. The average Bonchev–Trinajstić information content (AvgIpc) is 3.32. The molecule has 0 saturated carbocycles. The molecule has 0 aliphatic heterocycles. The Morgan fingerprint density at radius 1 is 1.56 bits per heavy atom. The normalized spacial score (nSPS) is 10.7. The number of allylic oxidation sites excluding steroid dienone is 1. The van der Waals surface area contributed by atoms with Crippen molar-refractivity contribution in [3.63, 3.8) is 0 Å². The molecular weight excluding hydrogens is 358 g/mol. The van der Waals surface area contributed by atoms with E-state index in [9.17, 15) is 4.79 Å². The number of hydrogen-bond donors (Lipinski definition) is 2. The van der Waals surface area contributed by atoms with Crippen LogP contribution in [0.4, 0.5) is 5.13 Å². The van der Waals surface area contributed by atoms with Crippen LogP contribution >= 0.6 is 23.6 Å². The maximum atomic E-state index is 12.0. The minimum atomic E-state index is -0.0911. The molecule has 0 radical (unpaired) electrons. The molecule has 130 valence electrons. The van der Waals surface area contributed by atoms with Crippen molar-refractivity contribution in [1.82, 2.24) is 19.7 Å². The van der Waals surface area contributed by atoms with Gasteiger partial charge in [0.25, 0.3) is 0 Å². The predicted octanol–water partition coefficient (Wildman–Crippen LogP) is 3.34. The summed E-state index contributed by atoms with van der Waals surface area (Å²) in [6.07, 6.45) is 4.80. The number of nitrogens with zero attached hydrogens (tertiary/aromatic N) is 3. The highest BCUT2D eigenvalue weighted by molar-refractivity contribution is 7.71. The first-order chi connectivity index (χ1) is 12.2. The number of aromatic nitrogens is 4. The molecule has 0 atom stereocenters. The van der Waals surface area contributed by atoms with Gasteiger partial charge in [0, 0.05) is 24.8 Å². The summed E-state index contributed by atoms with van der Waals surface area (Å²) in [5.41, 5.74) is 0.825. The second kappa shape index (κ2) is 8.04. The van der Waals surface area contributed by atoms with E-state index in [2.05, 4.69) is 27.1 Å². The van der Waals surface area contributed by atoms with Crippen LogP contribution in [0.5, 0.6) is 0 Å². The topological polar surface area (TPSA) is 88.7 Å². The molecule has 0 bridgehead atoms. The molecule has 0 fully saturated rings. The molecule has 1 amide bonds. The monoisotopic (exact) mass is 375 g/mol. The van der Waals surface area contributed by atoms with E-state index in [-0.39, 0.29) is 5.91 Å². The zero-order valence-electron chi connectivity index (χ0n) is 13.4. The number of thiazole rings is 1. The Morgan fingerprint density at radius 3 is 3.20 bits per heavy atom. The van der Waals surface area contributed by atoms with E-state index < -0.39 is 0 Å². The summed E-state index contributed by atoms with van der Waals surface area (Å²) in [6, 6.07) is 3.66. The lowest BCUT2D eigenvalue weighted by Gasteiger charge is -2.02. The fourth-order valence-corrected chi connectivity index (χ4v) is 3.24. The van der Waals surface area contributed by atoms with E-state index in [0.29, 0.717) is 35.7 Å². The maximum absolute atomic E-state index is 12.0. The highest BCUT2D eigenvalue weighted by atomic mass is 32.1. The summed E-state index contributed by atoms with van der Waals surface area (Å²) >= 11 is 6.58. The number of amides is 1. The first-order valence-electron chi connectivity index (χ1n) is 7.67. The summed E-state index contributed by atoms with van der Waals surface area (Å²) in [6.45, 7) is 4.31. The van der Waals surface area contributed by atoms with Crippen molar-refractivity contribution >= 4 is 34.6 Å². The molecule has 3 heterocycles. The van der Waals surface area contributed by atoms with Gasteiger partial charge in [0.2, 0.25) is 5.91 Å². The largest absolute Gasteiger partial charge is 0.469 e. The van der Waals surface area contributed by atoms with Crippen LogP contribution in [0.1, 0.15) is 23.7 Å². The first kappa shape index (κ1) is 17.3. The standard InChI is InChI=1S/C16H17N5O2S2/c1-2-7-21-13(19-20-16(21)24)9-11-10-25-15(17-11)18-14(22)6-5-12-4-3-8-23-12/h2-4,8,10H,1,5-7,9H2,(H,20,24)(H,17,18,22). The summed E-state index contributed by atoms with van der Waals surface area (Å²) in [5, 5.41) is 12.3. The van der Waals surface area contributed by atoms with E-state index in [1.165, 1.54) is 11.3 Å². The van der Waals surface area contributed by atoms with Gasteiger partial charge in [-0.1, -0.05) is 6.08 Å². The third-order valence-corrected chi connectivity index (χ3v) is 4.58. The zero-order valence-corrected chi connectivity index (χ0v) is 15.0. The minimum Gasteiger partial charge on any atom is -0.469 e. The summed E-state index contributed by atoms with van der Waals surface area (Å²) in [7, 11) is 0. The lowest BCUT2D eigenvalue weighted by atomic mass is 10.2. The van der Waals surface area contributed by atoms with Crippen molar-refractivity contribution in [3.05, 3.63) is 58.5 Å². The highest BCUT2D eigenvalue weighted by Gasteiger charge is 2.11. The Morgan fingerprint density at radius 2 is 2.44 bits per heavy atom. The van der Waals surface area contributed by atoms with Gasteiger partial charge in [-0.2, -0.15) is 5.10 Å². The zero-order chi connectivity index (χ0) is 17.6. The third-order valence-electron chi connectivity index (χ3n) is 3.46. The van der Waals surface area contributed by atoms with Gasteiger partial charge < -0.3 is 9.73 Å². The van der Waals surface area contributed by atoms with E-state index >= 15 is 0 Å². The molecule has 25 heavy (non-hydrogen) atoms. The number of furan rings is 1. The summed E-state index contributed by atoms with van der Waals surface area (Å²) in [5.74, 6) is 1.48. The van der Waals surface area contributed by atoms with Crippen molar-refractivity contribution < 1.29 is 9.21 Å². The Bertz CT molecular complexity index is 907. The van der Waals surface area contributed by atoms with Gasteiger partial charge in [-0.25, -0.2) is 4.98 Å². The van der Waals surface area contributed by atoms with Gasteiger partial charge in [-0.15, -0.1) is 17.9 Å². The number of aryl methyl sites for hydroxylation is 1. The number of H-pyrrole nitrogens is 1. The molecule has 0 aliphatic rings. The van der Waals surface area contributed by atoms with E-state index in [1.807, 2.05) is 22.1 Å². The van der Waals surface area contributed by atoms with Crippen molar-refractivity contribution in [2.75, 3.05) is 5.32 Å². The minimum absolute atomic E-state index is 0.0911. The van der Waals surface area contributed by atoms with Crippen LogP contribution in [0.2, 0.25) is 0 Å². The van der Waals surface area contributed by atoms with E-state index in [1.54, 1.807) is 12.3 Å². The average molecular weight is 375 g/mol. The molecular formula is C16H17N5O2S2. The van der Waals surface area contributed by atoms with Gasteiger partial charge in [-0.05, 0) is 24.4 Å². The highest BCUT2D eigenvalue weighted by Crippen LogP contribution is 2.18. The molecule has 3 aromatic heterocycles. The maximum Gasteiger partial charge on any atom is 0.226 e. The summed E-state index contributed by atoms with van der Waals surface area (Å²) in [4.78, 5) is 16.4. The molecule has 3 rings (SSSR count). The number of nitrogens with one attached hydrogen (secondary N) is 2. The van der Waals surface area contributed by atoms with Crippen LogP contribution in [-0.4, -0.2) is 25.7 Å². The Labute approximate surface area is 153 Å². The molecule has 0 spiro atoms. The van der Waals surface area contributed by atoms with Crippen molar-refractivity contribution in [2.24, 2.45) is 0 Å².